The maximum atomic E-state index is 11.2. The van der Waals surface area contributed by atoms with Gasteiger partial charge in [-0.15, -0.1) is 0 Å². The van der Waals surface area contributed by atoms with E-state index in [2.05, 4.69) is 10.1 Å². The van der Waals surface area contributed by atoms with Crippen molar-refractivity contribution >= 4 is 5.97 Å². The molecule has 0 bridgehead atoms. The molecule has 1 aliphatic rings. The van der Waals surface area contributed by atoms with E-state index in [-0.39, 0.29) is 5.92 Å². The monoisotopic (exact) mass is 252 g/mol. The summed E-state index contributed by atoms with van der Waals surface area (Å²) in [6, 6.07) is 0. The highest BCUT2D eigenvalue weighted by Crippen LogP contribution is 2.33. The molecule has 1 aromatic rings. The van der Waals surface area contributed by atoms with E-state index in [1.54, 1.807) is 0 Å². The molecule has 0 aliphatic heterocycles. The predicted octanol–water partition coefficient (Wildman–Crippen LogP) is 1.74. The summed E-state index contributed by atoms with van der Waals surface area (Å²) in [4.78, 5) is 15.4. The van der Waals surface area contributed by atoms with Gasteiger partial charge < -0.3 is 14.4 Å². The van der Waals surface area contributed by atoms with E-state index in [1.165, 1.54) is 0 Å². The highest BCUT2D eigenvalue weighted by molar-refractivity contribution is 5.71. The molecule has 0 fully saturated rings. The Labute approximate surface area is 105 Å². The van der Waals surface area contributed by atoms with Gasteiger partial charge in [-0.05, 0) is 19.8 Å². The Kier molecular flexibility index (Phi) is 4.09. The van der Waals surface area contributed by atoms with Gasteiger partial charge >= 0.3 is 5.97 Å². The molecule has 1 aliphatic carbocycles. The van der Waals surface area contributed by atoms with Crippen LogP contribution in [-0.2, 0) is 16.1 Å². The first-order chi connectivity index (χ1) is 8.72. The Balaban J connectivity index is 2.11. The second-order valence-electron chi connectivity index (χ2n) is 4.18. The van der Waals surface area contributed by atoms with E-state index in [9.17, 15) is 4.79 Å². The fraction of sp³-hybridized carbons (Fsp3) is 0.583. The average molecular weight is 252 g/mol. The van der Waals surface area contributed by atoms with Crippen molar-refractivity contribution in [2.24, 2.45) is 5.92 Å². The maximum Gasteiger partial charge on any atom is 0.307 e. The zero-order chi connectivity index (χ0) is 13.0. The van der Waals surface area contributed by atoms with Crippen LogP contribution in [0.2, 0.25) is 0 Å². The molecular formula is C12H16N2O4. The first-order valence-electron chi connectivity index (χ1n) is 6.00. The number of allylic oxidation sites excluding steroid dienone is 2. The van der Waals surface area contributed by atoms with Gasteiger partial charge in [0.2, 0.25) is 5.89 Å². The second kappa shape index (κ2) is 5.77. The number of hydrogen-bond donors (Lipinski definition) is 1. The summed E-state index contributed by atoms with van der Waals surface area (Å²) >= 11 is 0. The first-order valence-corrected chi connectivity index (χ1v) is 6.00. The van der Waals surface area contributed by atoms with E-state index in [0.29, 0.717) is 37.8 Å². The van der Waals surface area contributed by atoms with Gasteiger partial charge in [0, 0.05) is 6.61 Å². The van der Waals surface area contributed by atoms with Crippen LogP contribution in [0.4, 0.5) is 0 Å². The summed E-state index contributed by atoms with van der Waals surface area (Å²) in [6.07, 6.45) is 4.96. The maximum absolute atomic E-state index is 11.2. The third kappa shape index (κ3) is 2.76. The van der Waals surface area contributed by atoms with Gasteiger partial charge in [0.1, 0.15) is 6.61 Å². The number of carbonyl (C=O) groups is 1. The van der Waals surface area contributed by atoms with Crippen molar-refractivity contribution in [1.82, 2.24) is 10.1 Å². The Morgan fingerprint density at radius 1 is 1.56 bits per heavy atom. The van der Waals surface area contributed by atoms with Crippen molar-refractivity contribution in [3.8, 4) is 0 Å². The molecule has 0 radical (unpaired) electrons. The van der Waals surface area contributed by atoms with Crippen LogP contribution in [0.1, 0.15) is 37.4 Å². The summed E-state index contributed by atoms with van der Waals surface area (Å²) in [5.74, 6) is -0.702. The summed E-state index contributed by atoms with van der Waals surface area (Å²) in [5, 5.41) is 13.0. The molecule has 0 aromatic carbocycles. The Hall–Kier alpha value is -1.69. The predicted molar refractivity (Wildman–Crippen MR) is 61.9 cm³/mol. The lowest BCUT2D eigenvalue weighted by molar-refractivity contribution is -0.142. The second-order valence-corrected chi connectivity index (χ2v) is 4.18. The van der Waals surface area contributed by atoms with Crippen molar-refractivity contribution in [3.63, 3.8) is 0 Å². The van der Waals surface area contributed by atoms with Crippen LogP contribution in [0, 0.1) is 5.92 Å². The van der Waals surface area contributed by atoms with E-state index in [1.807, 2.05) is 19.1 Å². The zero-order valence-corrected chi connectivity index (χ0v) is 10.2. The molecule has 6 nitrogen and oxygen atoms in total. The minimum atomic E-state index is -0.825. The van der Waals surface area contributed by atoms with Crippen LogP contribution in [-0.4, -0.2) is 27.8 Å². The number of nitrogens with zero attached hydrogens (tertiary/aromatic N) is 2. The molecule has 1 heterocycles. The van der Waals surface area contributed by atoms with E-state index in [0.717, 1.165) is 0 Å². The molecular weight excluding hydrogens is 236 g/mol. The van der Waals surface area contributed by atoms with E-state index < -0.39 is 11.9 Å². The summed E-state index contributed by atoms with van der Waals surface area (Å²) < 4.78 is 10.3. The number of carboxylic acid groups (broad SMARTS) is 1. The van der Waals surface area contributed by atoms with Gasteiger partial charge in [0.25, 0.3) is 0 Å². The molecule has 98 valence electrons. The molecule has 1 N–H and O–H groups in total. The molecule has 2 rings (SSSR count). The highest BCUT2D eigenvalue weighted by Gasteiger charge is 2.33. The Morgan fingerprint density at radius 3 is 3.06 bits per heavy atom. The molecule has 0 amide bonds. The van der Waals surface area contributed by atoms with Crippen LogP contribution in [0.5, 0.6) is 0 Å². The molecule has 2 unspecified atom stereocenters. The molecule has 1 aromatic heterocycles. The standard InChI is InChI=1S/C12H16N2O4/c1-2-17-7-10-13-11(18-14-10)8-5-3-4-6-9(8)12(15)16/h3-4,8-9H,2,5-7H2,1H3,(H,15,16). The summed E-state index contributed by atoms with van der Waals surface area (Å²) in [7, 11) is 0. The number of carboxylic acids is 1. The Bertz CT molecular complexity index is 441. The minimum absolute atomic E-state index is 0.240. The normalized spacial score (nSPS) is 23.2. The largest absolute Gasteiger partial charge is 0.481 e. The van der Waals surface area contributed by atoms with Gasteiger partial charge in [-0.1, -0.05) is 17.3 Å². The SMILES string of the molecule is CCOCc1noc(C2CC=CCC2C(=O)O)n1. The van der Waals surface area contributed by atoms with Crippen molar-refractivity contribution < 1.29 is 19.2 Å². The molecule has 0 spiro atoms. The molecule has 2 atom stereocenters. The van der Waals surface area contributed by atoms with Crippen LogP contribution >= 0.6 is 0 Å². The number of hydrogen-bond acceptors (Lipinski definition) is 5. The fourth-order valence-corrected chi connectivity index (χ4v) is 2.03. The third-order valence-electron chi connectivity index (χ3n) is 2.99. The number of aliphatic carboxylic acids is 1. The number of ether oxygens (including phenoxy) is 1. The quantitative estimate of drug-likeness (QED) is 0.803. The van der Waals surface area contributed by atoms with Crippen LogP contribution in [0.25, 0.3) is 0 Å². The lowest BCUT2D eigenvalue weighted by Crippen LogP contribution is -2.23. The third-order valence-corrected chi connectivity index (χ3v) is 2.99. The Morgan fingerprint density at radius 2 is 2.33 bits per heavy atom. The van der Waals surface area contributed by atoms with Crippen molar-refractivity contribution in [2.45, 2.75) is 32.3 Å². The van der Waals surface area contributed by atoms with E-state index in [4.69, 9.17) is 14.4 Å². The van der Waals surface area contributed by atoms with Crippen molar-refractivity contribution in [2.75, 3.05) is 6.61 Å². The number of aromatic nitrogens is 2. The smallest absolute Gasteiger partial charge is 0.307 e. The fourth-order valence-electron chi connectivity index (χ4n) is 2.03. The van der Waals surface area contributed by atoms with Gasteiger partial charge in [-0.25, -0.2) is 0 Å². The van der Waals surface area contributed by atoms with Gasteiger partial charge in [-0.3, -0.25) is 4.79 Å². The van der Waals surface area contributed by atoms with E-state index >= 15 is 0 Å². The highest BCUT2D eigenvalue weighted by atomic mass is 16.5. The summed E-state index contributed by atoms with van der Waals surface area (Å²) in [6.45, 7) is 2.75. The lowest BCUT2D eigenvalue weighted by atomic mass is 9.83. The zero-order valence-electron chi connectivity index (χ0n) is 10.2. The topological polar surface area (TPSA) is 85.5 Å². The molecule has 6 heteroatoms. The lowest BCUT2D eigenvalue weighted by Gasteiger charge is -2.21. The van der Waals surface area contributed by atoms with Crippen LogP contribution in [0.3, 0.4) is 0 Å². The first kappa shape index (κ1) is 12.8. The van der Waals surface area contributed by atoms with Gasteiger partial charge in [-0.2, -0.15) is 4.98 Å². The molecule has 0 saturated carbocycles. The van der Waals surface area contributed by atoms with Crippen molar-refractivity contribution in [3.05, 3.63) is 23.9 Å². The van der Waals surface area contributed by atoms with Gasteiger partial charge in [0.15, 0.2) is 5.82 Å². The minimum Gasteiger partial charge on any atom is -0.481 e. The van der Waals surface area contributed by atoms with Crippen molar-refractivity contribution in [1.29, 1.82) is 0 Å². The number of rotatable bonds is 5. The average Bonchev–Trinajstić information content (AvgIpc) is 2.85. The van der Waals surface area contributed by atoms with Crippen LogP contribution in [0.15, 0.2) is 16.7 Å². The molecule has 18 heavy (non-hydrogen) atoms. The van der Waals surface area contributed by atoms with Crippen LogP contribution < -0.4 is 0 Å². The molecule has 0 saturated heterocycles. The summed E-state index contributed by atoms with van der Waals surface area (Å²) in [5.41, 5.74) is 0. The van der Waals surface area contributed by atoms with Gasteiger partial charge in [0.05, 0.1) is 11.8 Å².